The smallest absolute Gasteiger partial charge is 0.0326 e. The van der Waals surface area contributed by atoms with Gasteiger partial charge in [0.25, 0.3) is 0 Å². The van der Waals surface area contributed by atoms with Crippen molar-refractivity contribution in [1.82, 2.24) is 4.90 Å². The van der Waals surface area contributed by atoms with E-state index in [-0.39, 0.29) is 5.54 Å². The van der Waals surface area contributed by atoms with Crippen molar-refractivity contribution in [3.8, 4) is 0 Å². The first-order chi connectivity index (χ1) is 7.41. The van der Waals surface area contributed by atoms with E-state index >= 15 is 0 Å². The Morgan fingerprint density at radius 1 is 0.938 bits per heavy atom. The Labute approximate surface area is 103 Å². The molecular weight excluding hydrogens is 196 g/mol. The van der Waals surface area contributed by atoms with Crippen LogP contribution in [-0.4, -0.2) is 30.1 Å². The third kappa shape index (κ3) is 4.42. The lowest BCUT2D eigenvalue weighted by Gasteiger charge is -2.44. The van der Waals surface area contributed by atoms with Crippen LogP contribution in [0.15, 0.2) is 0 Å². The van der Waals surface area contributed by atoms with Crippen LogP contribution in [0, 0.1) is 11.8 Å². The van der Waals surface area contributed by atoms with E-state index in [0.29, 0.717) is 11.8 Å². The summed E-state index contributed by atoms with van der Waals surface area (Å²) in [5.74, 6) is 1.42. The highest BCUT2D eigenvalue weighted by Gasteiger charge is 2.32. The van der Waals surface area contributed by atoms with Crippen LogP contribution < -0.4 is 5.73 Å². The van der Waals surface area contributed by atoms with Gasteiger partial charge in [-0.3, -0.25) is 4.90 Å². The molecule has 0 bridgehead atoms. The Balaban J connectivity index is 4.80. The van der Waals surface area contributed by atoms with Gasteiger partial charge in [0.2, 0.25) is 0 Å². The SMILES string of the molecule is CCC(CC)(CN)N(CC(C)C)CC(C)C. The van der Waals surface area contributed by atoms with E-state index in [9.17, 15) is 0 Å². The van der Waals surface area contributed by atoms with E-state index < -0.39 is 0 Å². The van der Waals surface area contributed by atoms with Gasteiger partial charge in [-0.2, -0.15) is 0 Å². The van der Waals surface area contributed by atoms with Gasteiger partial charge >= 0.3 is 0 Å². The van der Waals surface area contributed by atoms with Crippen molar-refractivity contribution in [1.29, 1.82) is 0 Å². The number of rotatable bonds is 8. The van der Waals surface area contributed by atoms with Crippen molar-refractivity contribution in [3.63, 3.8) is 0 Å². The summed E-state index contributed by atoms with van der Waals surface area (Å²) >= 11 is 0. The number of nitrogens with zero attached hydrogens (tertiary/aromatic N) is 1. The largest absolute Gasteiger partial charge is 0.329 e. The van der Waals surface area contributed by atoms with Crippen LogP contribution in [0.25, 0.3) is 0 Å². The van der Waals surface area contributed by atoms with Gasteiger partial charge in [0.05, 0.1) is 0 Å². The molecule has 0 atom stereocenters. The molecule has 0 aromatic carbocycles. The van der Waals surface area contributed by atoms with Crippen molar-refractivity contribution in [2.45, 2.75) is 59.9 Å². The Kier molecular flexibility index (Phi) is 7.25. The average Bonchev–Trinajstić information content (AvgIpc) is 2.19. The molecule has 0 spiro atoms. The zero-order valence-corrected chi connectivity index (χ0v) is 12.2. The Morgan fingerprint density at radius 2 is 1.31 bits per heavy atom. The van der Waals surface area contributed by atoms with Crippen LogP contribution in [0.5, 0.6) is 0 Å². The molecule has 0 aliphatic heterocycles. The Morgan fingerprint density at radius 3 is 1.50 bits per heavy atom. The Hall–Kier alpha value is -0.0800. The molecule has 0 heterocycles. The maximum Gasteiger partial charge on any atom is 0.0326 e. The predicted octanol–water partition coefficient (Wildman–Crippen LogP) is 3.12. The third-order valence-corrected chi connectivity index (χ3v) is 3.54. The van der Waals surface area contributed by atoms with Gasteiger partial charge in [-0.25, -0.2) is 0 Å². The lowest BCUT2D eigenvalue weighted by atomic mass is 9.89. The molecule has 0 aromatic rings. The first-order valence-electron chi connectivity index (χ1n) is 6.87. The van der Waals surface area contributed by atoms with Crippen LogP contribution in [0.4, 0.5) is 0 Å². The van der Waals surface area contributed by atoms with Crippen LogP contribution in [0.3, 0.4) is 0 Å². The molecule has 2 heteroatoms. The van der Waals surface area contributed by atoms with Gasteiger partial charge in [-0.1, -0.05) is 41.5 Å². The molecule has 2 N–H and O–H groups in total. The fraction of sp³-hybridized carbons (Fsp3) is 1.00. The second kappa shape index (κ2) is 7.29. The van der Waals surface area contributed by atoms with Gasteiger partial charge in [-0.15, -0.1) is 0 Å². The highest BCUT2D eigenvalue weighted by Crippen LogP contribution is 2.25. The van der Waals surface area contributed by atoms with Crippen molar-refractivity contribution in [2.75, 3.05) is 19.6 Å². The molecule has 0 unspecified atom stereocenters. The molecule has 0 radical (unpaired) electrons. The predicted molar refractivity (Wildman–Crippen MR) is 73.6 cm³/mol. The third-order valence-electron chi connectivity index (χ3n) is 3.54. The van der Waals surface area contributed by atoms with Crippen LogP contribution in [0.1, 0.15) is 54.4 Å². The number of nitrogens with two attached hydrogens (primary N) is 1. The highest BCUT2D eigenvalue weighted by molar-refractivity contribution is 4.90. The summed E-state index contributed by atoms with van der Waals surface area (Å²) in [5, 5.41) is 0. The van der Waals surface area contributed by atoms with Gasteiger partial charge in [0, 0.05) is 25.2 Å². The molecule has 0 aliphatic rings. The van der Waals surface area contributed by atoms with Gasteiger partial charge in [-0.05, 0) is 24.7 Å². The molecule has 98 valence electrons. The summed E-state index contributed by atoms with van der Waals surface area (Å²) in [6.07, 6.45) is 2.30. The summed E-state index contributed by atoms with van der Waals surface area (Å²) in [5.41, 5.74) is 6.26. The minimum atomic E-state index is 0.217. The summed E-state index contributed by atoms with van der Waals surface area (Å²) < 4.78 is 0. The van der Waals surface area contributed by atoms with Crippen molar-refractivity contribution in [3.05, 3.63) is 0 Å². The van der Waals surface area contributed by atoms with E-state index in [1.807, 2.05) is 0 Å². The average molecular weight is 228 g/mol. The normalized spacial score (nSPS) is 13.1. The summed E-state index contributed by atoms with van der Waals surface area (Å²) in [6, 6.07) is 0. The molecular formula is C14H32N2. The maximum absolute atomic E-state index is 6.04. The molecule has 0 fully saturated rings. The minimum absolute atomic E-state index is 0.217. The molecule has 0 saturated carbocycles. The zero-order valence-electron chi connectivity index (χ0n) is 12.2. The molecule has 16 heavy (non-hydrogen) atoms. The molecule has 2 nitrogen and oxygen atoms in total. The van der Waals surface area contributed by atoms with E-state index in [1.54, 1.807) is 0 Å². The monoisotopic (exact) mass is 228 g/mol. The molecule has 0 aliphatic carbocycles. The van der Waals surface area contributed by atoms with Crippen LogP contribution in [0.2, 0.25) is 0 Å². The molecule has 0 amide bonds. The first kappa shape index (κ1) is 15.9. The number of hydrogen-bond acceptors (Lipinski definition) is 2. The molecule has 0 rings (SSSR count). The Bertz CT molecular complexity index is 153. The van der Waals surface area contributed by atoms with E-state index in [2.05, 4.69) is 46.4 Å². The fourth-order valence-corrected chi connectivity index (χ4v) is 2.46. The highest BCUT2D eigenvalue weighted by atomic mass is 15.2. The number of hydrogen-bond donors (Lipinski definition) is 1. The topological polar surface area (TPSA) is 29.3 Å². The van der Waals surface area contributed by atoms with Crippen molar-refractivity contribution in [2.24, 2.45) is 17.6 Å². The maximum atomic E-state index is 6.04. The molecule has 0 saturated heterocycles. The van der Waals surface area contributed by atoms with Gasteiger partial charge in [0.15, 0.2) is 0 Å². The van der Waals surface area contributed by atoms with Crippen LogP contribution in [-0.2, 0) is 0 Å². The summed E-state index contributed by atoms with van der Waals surface area (Å²) in [4.78, 5) is 2.63. The van der Waals surface area contributed by atoms with E-state index in [4.69, 9.17) is 5.73 Å². The van der Waals surface area contributed by atoms with Crippen molar-refractivity contribution < 1.29 is 0 Å². The second-order valence-electron chi connectivity index (χ2n) is 5.83. The second-order valence-corrected chi connectivity index (χ2v) is 5.83. The van der Waals surface area contributed by atoms with E-state index in [1.165, 1.54) is 0 Å². The van der Waals surface area contributed by atoms with Gasteiger partial charge in [0.1, 0.15) is 0 Å². The zero-order chi connectivity index (χ0) is 12.8. The van der Waals surface area contributed by atoms with Crippen molar-refractivity contribution >= 4 is 0 Å². The summed E-state index contributed by atoms with van der Waals surface area (Å²) in [6.45, 7) is 16.8. The lowest BCUT2D eigenvalue weighted by Crippen LogP contribution is -2.55. The summed E-state index contributed by atoms with van der Waals surface area (Å²) in [7, 11) is 0. The minimum Gasteiger partial charge on any atom is -0.329 e. The standard InChI is InChI=1S/C14H32N2/c1-7-14(8-2,11-15)16(9-12(3)4)10-13(5)6/h12-13H,7-11,15H2,1-6H3. The van der Waals surface area contributed by atoms with Gasteiger partial charge < -0.3 is 5.73 Å². The van der Waals surface area contributed by atoms with Crippen LogP contribution >= 0.6 is 0 Å². The fourth-order valence-electron chi connectivity index (χ4n) is 2.46. The lowest BCUT2D eigenvalue weighted by molar-refractivity contribution is 0.0604. The first-order valence-corrected chi connectivity index (χ1v) is 6.87. The molecule has 0 aromatic heterocycles. The van der Waals surface area contributed by atoms with E-state index in [0.717, 1.165) is 32.5 Å². The quantitative estimate of drug-likeness (QED) is 0.691.